The number of ether oxygens (including phenoxy) is 1. The van der Waals surface area contributed by atoms with Crippen molar-refractivity contribution in [3.05, 3.63) is 29.8 Å². The van der Waals surface area contributed by atoms with Crippen LogP contribution in [0.5, 0.6) is 5.75 Å². The third kappa shape index (κ3) is 3.40. The van der Waals surface area contributed by atoms with Crippen molar-refractivity contribution in [3.8, 4) is 5.75 Å². The van der Waals surface area contributed by atoms with Gasteiger partial charge in [-0.05, 0) is 48.8 Å². The Morgan fingerprint density at radius 2 is 1.89 bits per heavy atom. The van der Waals surface area contributed by atoms with E-state index < -0.39 is 5.41 Å². The Bertz CT molecular complexity index is 771. The predicted octanol–water partition coefficient (Wildman–Crippen LogP) is 2.56. The maximum absolute atomic E-state index is 12.9. The maximum atomic E-state index is 12.9. The van der Waals surface area contributed by atoms with Gasteiger partial charge >= 0.3 is 0 Å². The largest absolute Gasteiger partial charge is 0.497 e. The van der Waals surface area contributed by atoms with Gasteiger partial charge in [-0.3, -0.25) is 19.3 Å². The summed E-state index contributed by atoms with van der Waals surface area (Å²) in [6.45, 7) is 6.26. The monoisotopic (exact) mass is 386 g/mol. The van der Waals surface area contributed by atoms with Gasteiger partial charge in [-0.1, -0.05) is 32.9 Å². The lowest BCUT2D eigenvalue weighted by Crippen LogP contribution is -2.60. The second-order valence-corrected chi connectivity index (χ2v) is 8.68. The van der Waals surface area contributed by atoms with Gasteiger partial charge in [0.15, 0.2) is 0 Å². The van der Waals surface area contributed by atoms with Crippen LogP contribution >= 0.6 is 0 Å². The Labute approximate surface area is 166 Å². The van der Waals surface area contributed by atoms with Gasteiger partial charge in [-0.25, -0.2) is 0 Å². The zero-order valence-corrected chi connectivity index (χ0v) is 17.2. The van der Waals surface area contributed by atoms with Gasteiger partial charge in [-0.15, -0.1) is 0 Å². The molecule has 1 N–H and O–H groups in total. The molecule has 1 aliphatic carbocycles. The molecule has 2 atom stereocenters. The van der Waals surface area contributed by atoms with Crippen LogP contribution in [0.1, 0.15) is 45.6 Å². The molecule has 0 radical (unpaired) electrons. The van der Waals surface area contributed by atoms with Crippen LogP contribution in [0.15, 0.2) is 24.3 Å². The number of methoxy groups -OCH3 is 1. The van der Waals surface area contributed by atoms with Crippen molar-refractivity contribution in [1.82, 2.24) is 10.2 Å². The molecule has 1 aliphatic heterocycles. The summed E-state index contributed by atoms with van der Waals surface area (Å²) in [7, 11) is 1.63. The van der Waals surface area contributed by atoms with Crippen LogP contribution in [-0.2, 0) is 20.8 Å². The molecule has 6 nitrogen and oxygen atoms in total. The summed E-state index contributed by atoms with van der Waals surface area (Å²) in [6.07, 6.45) is 3.04. The highest BCUT2D eigenvalue weighted by atomic mass is 16.5. The summed E-state index contributed by atoms with van der Waals surface area (Å²) in [5.41, 5.74) is 0.246. The van der Waals surface area contributed by atoms with Crippen LogP contribution in [-0.4, -0.2) is 42.8 Å². The molecule has 1 aromatic rings. The Balaban J connectivity index is 1.49. The highest BCUT2D eigenvalue weighted by Crippen LogP contribution is 2.59. The molecule has 28 heavy (non-hydrogen) atoms. The first-order valence-electron chi connectivity index (χ1n) is 9.96. The molecule has 2 fully saturated rings. The zero-order valence-electron chi connectivity index (χ0n) is 17.2. The van der Waals surface area contributed by atoms with Crippen LogP contribution in [0, 0.1) is 16.7 Å². The molecule has 1 saturated carbocycles. The molecular weight excluding hydrogens is 356 g/mol. The summed E-state index contributed by atoms with van der Waals surface area (Å²) >= 11 is 0. The molecule has 1 saturated heterocycles. The molecule has 6 heteroatoms. The Morgan fingerprint density at radius 3 is 2.54 bits per heavy atom. The number of hydrogen-bond donors (Lipinski definition) is 1. The fraction of sp³-hybridized carbons (Fsp3) is 0.591. The molecule has 0 unspecified atom stereocenters. The Kier molecular flexibility index (Phi) is 5.50. The summed E-state index contributed by atoms with van der Waals surface area (Å²) in [5, 5.41) is 2.84. The van der Waals surface area contributed by atoms with E-state index in [0.29, 0.717) is 19.4 Å². The van der Waals surface area contributed by atoms with E-state index in [9.17, 15) is 14.4 Å². The molecular formula is C22H30N2O4. The quantitative estimate of drug-likeness (QED) is 0.577. The number of likely N-dealkylation sites (tertiary alicyclic amines) is 1. The first-order valence-corrected chi connectivity index (χ1v) is 9.96. The van der Waals surface area contributed by atoms with Crippen LogP contribution in [0.2, 0.25) is 0 Å². The van der Waals surface area contributed by atoms with Gasteiger partial charge < -0.3 is 10.1 Å². The number of fused-ring (bicyclic) bond motifs is 2. The van der Waals surface area contributed by atoms with Crippen LogP contribution in [0.25, 0.3) is 0 Å². The predicted molar refractivity (Wildman–Crippen MR) is 106 cm³/mol. The number of benzene rings is 1. The summed E-state index contributed by atoms with van der Waals surface area (Å²) in [6, 6.07) is 7.84. The van der Waals surface area contributed by atoms with Gasteiger partial charge in [-0.2, -0.15) is 0 Å². The van der Waals surface area contributed by atoms with E-state index in [1.165, 1.54) is 10.5 Å². The topological polar surface area (TPSA) is 75.7 Å². The maximum Gasteiger partial charge on any atom is 0.240 e. The lowest BCUT2D eigenvalue weighted by molar-refractivity contribution is -0.169. The number of aryl methyl sites for hydroxylation is 1. The van der Waals surface area contributed by atoms with E-state index in [-0.39, 0.29) is 35.6 Å². The first kappa shape index (κ1) is 20.4. The number of carbonyl (C=O) groups excluding carboxylic acids is 3. The minimum atomic E-state index is -0.569. The van der Waals surface area contributed by atoms with E-state index in [2.05, 4.69) is 5.32 Å². The van der Waals surface area contributed by atoms with Gasteiger partial charge in [0, 0.05) is 12.5 Å². The lowest BCUT2D eigenvalue weighted by atomic mass is 9.62. The summed E-state index contributed by atoms with van der Waals surface area (Å²) < 4.78 is 5.14. The number of amides is 3. The number of carbonyl (C=O) groups is 3. The highest BCUT2D eigenvalue weighted by molar-refractivity contribution is 6.06. The number of nitrogens with zero attached hydrogens (tertiary/aromatic N) is 1. The van der Waals surface area contributed by atoms with Crippen molar-refractivity contribution < 1.29 is 19.1 Å². The third-order valence-corrected chi connectivity index (χ3v) is 6.93. The van der Waals surface area contributed by atoms with E-state index in [4.69, 9.17) is 4.74 Å². The van der Waals surface area contributed by atoms with Crippen molar-refractivity contribution >= 4 is 17.7 Å². The van der Waals surface area contributed by atoms with Gasteiger partial charge in [0.2, 0.25) is 17.7 Å². The van der Waals surface area contributed by atoms with E-state index >= 15 is 0 Å². The van der Waals surface area contributed by atoms with E-state index in [1.807, 2.05) is 45.0 Å². The number of imide groups is 1. The van der Waals surface area contributed by atoms with Crippen molar-refractivity contribution in [3.63, 3.8) is 0 Å². The lowest BCUT2D eigenvalue weighted by Gasteiger charge is -2.47. The van der Waals surface area contributed by atoms with Crippen molar-refractivity contribution in [2.75, 3.05) is 20.2 Å². The second kappa shape index (κ2) is 7.57. The van der Waals surface area contributed by atoms with Crippen LogP contribution in [0.3, 0.4) is 0 Å². The number of nitrogens with one attached hydrogen (secondary N) is 1. The molecule has 2 aliphatic rings. The molecule has 0 spiro atoms. The smallest absolute Gasteiger partial charge is 0.240 e. The van der Waals surface area contributed by atoms with E-state index in [1.54, 1.807) is 7.11 Å². The SMILES string of the molecule is COc1ccc(CCCNC(=O)CN2C(=O)[C@H]3CC[C@@](C)(C2=O)C3(C)C)cc1. The summed E-state index contributed by atoms with van der Waals surface area (Å²) in [5.74, 6) is -0.0426. The number of piperidine rings is 1. The summed E-state index contributed by atoms with van der Waals surface area (Å²) in [4.78, 5) is 39.2. The number of hydrogen-bond acceptors (Lipinski definition) is 4. The van der Waals surface area contributed by atoms with Gasteiger partial charge in [0.05, 0.1) is 12.5 Å². The molecule has 3 amide bonds. The highest BCUT2D eigenvalue weighted by Gasteiger charge is 2.64. The van der Waals surface area contributed by atoms with Gasteiger partial charge in [0.1, 0.15) is 12.3 Å². The fourth-order valence-electron chi connectivity index (χ4n) is 4.56. The van der Waals surface area contributed by atoms with Crippen LogP contribution in [0.4, 0.5) is 0 Å². The Hall–Kier alpha value is -2.37. The average molecular weight is 386 g/mol. The van der Waals surface area contributed by atoms with Crippen molar-refractivity contribution in [1.29, 1.82) is 0 Å². The van der Waals surface area contributed by atoms with Crippen molar-refractivity contribution in [2.45, 2.75) is 46.5 Å². The second-order valence-electron chi connectivity index (χ2n) is 8.68. The normalized spacial score (nSPS) is 25.7. The minimum absolute atomic E-state index is 0.178. The van der Waals surface area contributed by atoms with Crippen LogP contribution < -0.4 is 10.1 Å². The fourth-order valence-corrected chi connectivity index (χ4v) is 4.56. The standard InChI is InChI=1S/C22H30N2O4/c1-21(2)17-11-12-22(21,3)20(27)24(19(17)26)14-18(25)23-13-5-6-15-7-9-16(28-4)10-8-15/h7-10,17H,5-6,11-14H2,1-4H3,(H,23,25)/t17-,22+/m1/s1. The molecule has 1 aromatic carbocycles. The molecule has 0 aromatic heterocycles. The van der Waals surface area contributed by atoms with Gasteiger partial charge in [0.25, 0.3) is 0 Å². The molecule has 1 heterocycles. The Morgan fingerprint density at radius 1 is 1.21 bits per heavy atom. The van der Waals surface area contributed by atoms with Crippen molar-refractivity contribution in [2.24, 2.45) is 16.7 Å². The molecule has 2 bridgehead atoms. The van der Waals surface area contributed by atoms with E-state index in [0.717, 1.165) is 18.6 Å². The zero-order chi connectivity index (χ0) is 20.5. The molecule has 152 valence electrons. The average Bonchev–Trinajstić information content (AvgIpc) is 2.87. The number of rotatable bonds is 7. The molecule has 3 rings (SSSR count). The third-order valence-electron chi connectivity index (χ3n) is 6.93. The first-order chi connectivity index (χ1) is 13.2. The minimum Gasteiger partial charge on any atom is -0.497 e.